The van der Waals surface area contributed by atoms with Gasteiger partial charge in [0.15, 0.2) is 11.9 Å². The van der Waals surface area contributed by atoms with Gasteiger partial charge in [-0.1, -0.05) is 58.0 Å². The van der Waals surface area contributed by atoms with E-state index in [1.165, 1.54) is 18.7 Å². The second-order valence-corrected chi connectivity index (χ2v) is 17.8. The third-order valence-corrected chi connectivity index (χ3v) is 10.8. The van der Waals surface area contributed by atoms with Crippen LogP contribution in [0.1, 0.15) is 98.5 Å². The number of rotatable bonds is 28. The van der Waals surface area contributed by atoms with Crippen LogP contribution in [0.5, 0.6) is 0 Å². The number of likely N-dealkylation sites (tertiary alicyclic amines) is 1. The van der Waals surface area contributed by atoms with Crippen LogP contribution in [-0.2, 0) is 44.8 Å². The largest absolute Gasteiger partial charge is 0.370 e. The lowest BCUT2D eigenvalue weighted by molar-refractivity contribution is -0.140. The standard InChI is InChI=1S/C44H75N15O8/c1-24(2)21-32(57-36(61)27(6)53-41(66)34-17-12-20-59(34)42(67)26(5)45)39(64)55-30(16-11-19-52-44(49)50)38(63)58-33(22-25(3)4)40(65)54-29(15-10-18-51-43(47)48)37(62)56-31(35(46)60)23-28-13-8-7-9-14-28/h7-9,13-14,24-27,29-34H,10-12,15-23,45H2,1-6H3,(H2,46,60)(H,53,66)(H,54,65)(H,55,64)(H,56,62)(H,57,61)(H,58,63)(H4,47,48,51)(H4,49,50,52)/t26-,27-,29-,30-,31-,32-,33-,34-/m0/s1. The van der Waals surface area contributed by atoms with Crippen LogP contribution in [-0.4, -0.2) is 132 Å². The van der Waals surface area contributed by atoms with E-state index in [-0.39, 0.29) is 87.7 Å². The molecule has 8 amide bonds. The maximum Gasteiger partial charge on any atom is 0.243 e. The Labute approximate surface area is 392 Å². The summed E-state index contributed by atoms with van der Waals surface area (Å²) in [6, 6.07) is 0.193. The molecule has 0 saturated carbocycles. The summed E-state index contributed by atoms with van der Waals surface area (Å²) >= 11 is 0. The van der Waals surface area contributed by atoms with Crippen LogP contribution in [0.4, 0.5) is 0 Å². The van der Waals surface area contributed by atoms with Gasteiger partial charge in [0.25, 0.3) is 0 Å². The molecule has 0 aromatic heterocycles. The van der Waals surface area contributed by atoms with Crippen molar-refractivity contribution in [2.75, 3.05) is 19.6 Å². The summed E-state index contributed by atoms with van der Waals surface area (Å²) < 4.78 is 0. The molecule has 1 saturated heterocycles. The Hall–Kier alpha value is -6.52. The second-order valence-electron chi connectivity index (χ2n) is 17.8. The molecule has 0 unspecified atom stereocenters. The minimum atomic E-state index is -1.27. The molecule has 18 N–H and O–H groups in total. The fourth-order valence-electron chi connectivity index (χ4n) is 7.35. The smallest absolute Gasteiger partial charge is 0.243 e. The normalized spacial score (nSPS) is 16.5. The lowest BCUT2D eigenvalue weighted by Crippen LogP contribution is -2.60. The molecule has 67 heavy (non-hydrogen) atoms. The first-order valence-electron chi connectivity index (χ1n) is 22.8. The van der Waals surface area contributed by atoms with Gasteiger partial charge in [-0.05, 0) is 82.6 Å². The molecule has 0 bridgehead atoms. The first-order valence-corrected chi connectivity index (χ1v) is 22.8. The minimum absolute atomic E-state index is 0.00292. The van der Waals surface area contributed by atoms with Crippen molar-refractivity contribution in [2.45, 2.75) is 148 Å². The van der Waals surface area contributed by atoms with E-state index in [9.17, 15) is 38.4 Å². The van der Waals surface area contributed by atoms with E-state index in [0.29, 0.717) is 19.4 Å². The Balaban J connectivity index is 2.35. The number of hydrogen-bond donors (Lipinski definition) is 12. The molecule has 2 rings (SSSR count). The molecule has 8 atom stereocenters. The number of nitrogens with zero attached hydrogens (tertiary/aromatic N) is 3. The van der Waals surface area contributed by atoms with E-state index in [1.54, 1.807) is 30.3 Å². The van der Waals surface area contributed by atoms with Crippen molar-refractivity contribution in [3.8, 4) is 0 Å². The quantitative estimate of drug-likeness (QED) is 0.0230. The first-order chi connectivity index (χ1) is 31.5. The van der Waals surface area contributed by atoms with Gasteiger partial charge in [0.2, 0.25) is 47.3 Å². The predicted molar refractivity (Wildman–Crippen MR) is 254 cm³/mol. The zero-order chi connectivity index (χ0) is 50.4. The van der Waals surface area contributed by atoms with Gasteiger partial charge in [0.1, 0.15) is 42.3 Å². The molecular weight excluding hydrogens is 867 g/mol. The number of carbonyl (C=O) groups excluding carboxylic acids is 8. The number of primary amides is 1. The lowest BCUT2D eigenvalue weighted by atomic mass is 10.00. The topological polar surface area (TPSA) is 393 Å². The van der Waals surface area contributed by atoms with Crippen molar-refractivity contribution in [2.24, 2.45) is 56.2 Å². The average molecular weight is 942 g/mol. The molecule has 0 radical (unpaired) electrons. The highest BCUT2D eigenvalue weighted by Crippen LogP contribution is 2.19. The highest BCUT2D eigenvalue weighted by atomic mass is 16.2. The van der Waals surface area contributed by atoms with E-state index >= 15 is 0 Å². The number of hydrogen-bond acceptors (Lipinski definition) is 11. The van der Waals surface area contributed by atoms with Gasteiger partial charge in [-0.3, -0.25) is 48.3 Å². The summed E-state index contributed by atoms with van der Waals surface area (Å²) in [5.41, 5.74) is 34.2. The maximum atomic E-state index is 14.2. The van der Waals surface area contributed by atoms with Gasteiger partial charge in [-0.2, -0.15) is 0 Å². The van der Waals surface area contributed by atoms with Gasteiger partial charge in [0.05, 0.1) is 6.04 Å². The van der Waals surface area contributed by atoms with Gasteiger partial charge in [0, 0.05) is 26.1 Å². The van der Waals surface area contributed by atoms with Crippen molar-refractivity contribution < 1.29 is 38.4 Å². The summed E-state index contributed by atoms with van der Waals surface area (Å²) in [5, 5.41) is 16.2. The number of nitrogens with one attached hydrogen (secondary N) is 6. The van der Waals surface area contributed by atoms with Crippen LogP contribution >= 0.6 is 0 Å². The monoisotopic (exact) mass is 942 g/mol. The molecule has 1 aliphatic rings. The molecule has 1 fully saturated rings. The van der Waals surface area contributed by atoms with Crippen molar-refractivity contribution in [1.29, 1.82) is 0 Å². The Bertz CT molecular complexity index is 1890. The number of aliphatic imine (C=N–C) groups is 2. The van der Waals surface area contributed by atoms with Crippen LogP contribution in [0.3, 0.4) is 0 Å². The molecule has 1 aliphatic heterocycles. The molecule has 1 heterocycles. The minimum Gasteiger partial charge on any atom is -0.370 e. The van der Waals surface area contributed by atoms with Crippen LogP contribution in [0.25, 0.3) is 0 Å². The summed E-state index contributed by atoms with van der Waals surface area (Å²) in [6.45, 7) is 10.9. The zero-order valence-electron chi connectivity index (χ0n) is 39.7. The van der Waals surface area contributed by atoms with Gasteiger partial charge in [-0.15, -0.1) is 0 Å². The molecule has 1 aromatic rings. The Morgan fingerprint density at radius 2 is 1.04 bits per heavy atom. The van der Waals surface area contributed by atoms with E-state index in [2.05, 4.69) is 41.9 Å². The Morgan fingerprint density at radius 3 is 1.48 bits per heavy atom. The Kier molecular flexibility index (Phi) is 24.1. The van der Waals surface area contributed by atoms with Crippen LogP contribution in [0.2, 0.25) is 0 Å². The van der Waals surface area contributed by atoms with Gasteiger partial charge >= 0.3 is 0 Å². The molecule has 374 valence electrons. The van der Waals surface area contributed by atoms with E-state index < -0.39 is 89.7 Å². The number of guanidine groups is 2. The highest BCUT2D eigenvalue weighted by molar-refractivity contribution is 5.97. The molecule has 23 nitrogen and oxygen atoms in total. The van der Waals surface area contributed by atoms with Crippen molar-refractivity contribution in [1.82, 2.24) is 36.8 Å². The van der Waals surface area contributed by atoms with Crippen molar-refractivity contribution in [3.05, 3.63) is 35.9 Å². The Morgan fingerprint density at radius 1 is 0.612 bits per heavy atom. The van der Waals surface area contributed by atoms with Crippen LogP contribution in [0.15, 0.2) is 40.3 Å². The average Bonchev–Trinajstić information content (AvgIpc) is 3.74. The third kappa shape index (κ3) is 20.7. The number of benzene rings is 1. The molecular formula is C44H75N15O8. The van der Waals surface area contributed by atoms with Crippen molar-refractivity contribution >= 4 is 59.2 Å². The fourth-order valence-corrected chi connectivity index (χ4v) is 7.35. The third-order valence-electron chi connectivity index (χ3n) is 10.8. The predicted octanol–water partition coefficient (Wildman–Crippen LogP) is -2.82. The summed E-state index contributed by atoms with van der Waals surface area (Å²) in [7, 11) is 0. The molecule has 0 spiro atoms. The summed E-state index contributed by atoms with van der Waals surface area (Å²) in [6.07, 6.45) is 1.83. The molecule has 23 heteroatoms. The number of nitrogens with two attached hydrogens (primary N) is 6. The summed E-state index contributed by atoms with van der Waals surface area (Å²) in [4.78, 5) is 117. The zero-order valence-corrected chi connectivity index (χ0v) is 39.7. The van der Waals surface area contributed by atoms with Gasteiger partial charge < -0.3 is 71.2 Å². The van der Waals surface area contributed by atoms with E-state index in [1.807, 2.05) is 27.7 Å². The maximum absolute atomic E-state index is 14.2. The highest BCUT2D eigenvalue weighted by Gasteiger charge is 2.37. The number of carbonyl (C=O) groups is 8. The van der Waals surface area contributed by atoms with Crippen molar-refractivity contribution in [3.63, 3.8) is 0 Å². The fraction of sp³-hybridized carbons (Fsp3) is 0.636. The van der Waals surface area contributed by atoms with Crippen LogP contribution < -0.4 is 66.3 Å². The van der Waals surface area contributed by atoms with E-state index in [0.717, 1.165) is 5.56 Å². The second kappa shape index (κ2) is 28.5. The summed E-state index contributed by atoms with van der Waals surface area (Å²) in [5.74, 6) is -5.90. The number of amides is 8. The lowest BCUT2D eigenvalue weighted by Gasteiger charge is -2.29. The first kappa shape index (κ1) is 56.6. The van der Waals surface area contributed by atoms with Gasteiger partial charge in [-0.25, -0.2) is 0 Å². The SMILES string of the molecule is CC(C)C[C@H](NC(=O)[C@H](C)NC(=O)[C@@H]1CCCN1C(=O)[C@H](C)N)C(=O)N[C@@H](CCCN=C(N)N)C(=O)N[C@@H](CC(C)C)C(=O)N[C@@H](CCCN=C(N)N)C(=O)N[C@@H](Cc1ccccc1)C(N)=O. The van der Waals surface area contributed by atoms with Crippen LogP contribution in [0, 0.1) is 11.8 Å². The van der Waals surface area contributed by atoms with E-state index in [4.69, 9.17) is 34.4 Å². The molecule has 1 aromatic carbocycles. The molecule has 0 aliphatic carbocycles.